The van der Waals surface area contributed by atoms with Crippen molar-refractivity contribution in [2.24, 2.45) is 5.73 Å². The van der Waals surface area contributed by atoms with Crippen LogP contribution in [0.15, 0.2) is 0 Å². The highest BCUT2D eigenvalue weighted by molar-refractivity contribution is 4.87. The Bertz CT molecular complexity index is 123. The van der Waals surface area contributed by atoms with Gasteiger partial charge >= 0.3 is 0 Å². The summed E-state index contributed by atoms with van der Waals surface area (Å²) in [7, 11) is 0. The van der Waals surface area contributed by atoms with E-state index in [1.54, 1.807) is 0 Å². The first kappa shape index (κ1) is 7.87. The molecule has 1 fully saturated rings. The molecule has 1 aliphatic heterocycles. The Morgan fingerprint density at radius 1 is 1.60 bits per heavy atom. The molecule has 0 spiro atoms. The summed E-state index contributed by atoms with van der Waals surface area (Å²) < 4.78 is 17.2. The number of aliphatic hydroxyl groups excluding tert-OH is 2. The molecular weight excluding hydrogens is 141 g/mol. The molecule has 4 N–H and O–H groups in total. The van der Waals surface area contributed by atoms with Gasteiger partial charge in [0, 0.05) is 0 Å². The molecule has 1 unspecified atom stereocenters. The Labute approximate surface area is 57.4 Å². The van der Waals surface area contributed by atoms with Gasteiger partial charge in [0.1, 0.15) is 18.4 Å². The molecule has 0 aliphatic carbocycles. The minimum atomic E-state index is -1.59. The van der Waals surface area contributed by atoms with E-state index in [-0.39, 0.29) is 0 Å². The topological polar surface area (TPSA) is 75.7 Å². The van der Waals surface area contributed by atoms with Crippen LogP contribution < -0.4 is 5.73 Å². The minimum Gasteiger partial charge on any atom is -0.394 e. The molecule has 0 aromatic heterocycles. The molecule has 4 atom stereocenters. The van der Waals surface area contributed by atoms with Crippen molar-refractivity contribution in [2.45, 2.75) is 24.6 Å². The third kappa shape index (κ3) is 1.13. The van der Waals surface area contributed by atoms with Crippen molar-refractivity contribution >= 4 is 0 Å². The number of nitrogens with two attached hydrogens (primary N) is 1. The molecule has 1 heterocycles. The number of hydrogen-bond acceptors (Lipinski definition) is 4. The average molecular weight is 151 g/mol. The summed E-state index contributed by atoms with van der Waals surface area (Å²) in [6.07, 6.45) is -4.85. The van der Waals surface area contributed by atoms with E-state index >= 15 is 0 Å². The minimum absolute atomic E-state index is 0.407. The second-order valence-corrected chi connectivity index (χ2v) is 2.26. The van der Waals surface area contributed by atoms with Crippen LogP contribution in [0.4, 0.5) is 4.39 Å². The number of hydrogen-bond donors (Lipinski definition) is 3. The molecule has 0 aromatic carbocycles. The van der Waals surface area contributed by atoms with Gasteiger partial charge in [0.05, 0.1) is 6.61 Å². The Balaban J connectivity index is 2.53. The van der Waals surface area contributed by atoms with E-state index in [0.717, 1.165) is 0 Å². The predicted octanol–water partition coefficient (Wildman–Crippen LogP) is -1.64. The van der Waals surface area contributed by atoms with E-state index in [9.17, 15) is 4.39 Å². The van der Waals surface area contributed by atoms with Gasteiger partial charge in [-0.15, -0.1) is 0 Å². The van der Waals surface area contributed by atoms with Crippen molar-refractivity contribution in [2.75, 3.05) is 6.61 Å². The fourth-order valence-electron chi connectivity index (χ4n) is 0.908. The number of rotatable bonds is 1. The second-order valence-electron chi connectivity index (χ2n) is 2.26. The monoisotopic (exact) mass is 151 g/mol. The first-order valence-corrected chi connectivity index (χ1v) is 3.01. The van der Waals surface area contributed by atoms with Crippen LogP contribution >= 0.6 is 0 Å². The van der Waals surface area contributed by atoms with Crippen molar-refractivity contribution in [3.05, 3.63) is 0 Å². The zero-order chi connectivity index (χ0) is 7.72. The van der Waals surface area contributed by atoms with Crippen molar-refractivity contribution in [3.63, 3.8) is 0 Å². The fourth-order valence-corrected chi connectivity index (χ4v) is 0.908. The lowest BCUT2D eigenvalue weighted by atomic mass is 10.2. The molecule has 4 nitrogen and oxygen atoms in total. The lowest BCUT2D eigenvalue weighted by Gasteiger charge is -2.08. The number of ether oxygens (including phenoxy) is 1. The van der Waals surface area contributed by atoms with Crippen LogP contribution in [-0.2, 0) is 4.74 Å². The highest BCUT2D eigenvalue weighted by Gasteiger charge is 2.41. The maximum Gasteiger partial charge on any atom is 0.168 e. The second kappa shape index (κ2) is 2.79. The Kier molecular flexibility index (Phi) is 2.20. The maximum atomic E-state index is 12.5. The summed E-state index contributed by atoms with van der Waals surface area (Å²) in [5.41, 5.74) is 5.07. The summed E-state index contributed by atoms with van der Waals surface area (Å²) in [4.78, 5) is 0. The molecule has 1 saturated heterocycles. The van der Waals surface area contributed by atoms with Crippen LogP contribution in [-0.4, -0.2) is 41.4 Å². The van der Waals surface area contributed by atoms with E-state index in [2.05, 4.69) is 4.74 Å². The zero-order valence-corrected chi connectivity index (χ0v) is 5.27. The summed E-state index contributed by atoms with van der Waals surface area (Å²) in [6.45, 7) is -0.407. The van der Waals surface area contributed by atoms with Gasteiger partial charge in [-0.1, -0.05) is 0 Å². The van der Waals surface area contributed by atoms with Gasteiger partial charge in [-0.2, -0.15) is 0 Å². The van der Waals surface area contributed by atoms with Crippen LogP contribution in [0, 0.1) is 0 Å². The molecule has 0 aromatic rings. The molecule has 0 amide bonds. The summed E-state index contributed by atoms with van der Waals surface area (Å²) >= 11 is 0. The van der Waals surface area contributed by atoms with Gasteiger partial charge in [-0.05, 0) is 0 Å². The van der Waals surface area contributed by atoms with Crippen molar-refractivity contribution < 1.29 is 19.3 Å². The molecule has 1 aliphatic rings. The smallest absolute Gasteiger partial charge is 0.168 e. The van der Waals surface area contributed by atoms with E-state index in [4.69, 9.17) is 15.9 Å². The lowest BCUT2D eigenvalue weighted by molar-refractivity contribution is -0.0200. The number of aliphatic hydroxyl groups is 2. The fraction of sp³-hybridized carbons (Fsp3) is 1.00. The molecule has 1 rings (SSSR count). The number of alkyl halides is 1. The molecular formula is C5H10FNO3. The highest BCUT2D eigenvalue weighted by atomic mass is 19.1. The first-order chi connectivity index (χ1) is 4.66. The maximum absolute atomic E-state index is 12.5. The summed E-state index contributed by atoms with van der Waals surface area (Å²) in [5, 5.41) is 17.4. The highest BCUT2D eigenvalue weighted by Crippen LogP contribution is 2.20. The van der Waals surface area contributed by atoms with Crippen LogP contribution in [0.2, 0.25) is 0 Å². The SMILES string of the molecule is NC1O[C@H](CO)[C@@H](O)[C@@H]1F. The average Bonchev–Trinajstić information content (AvgIpc) is 2.17. The third-order valence-corrected chi connectivity index (χ3v) is 1.53. The van der Waals surface area contributed by atoms with Gasteiger partial charge in [0.2, 0.25) is 0 Å². The van der Waals surface area contributed by atoms with Crippen LogP contribution in [0.1, 0.15) is 0 Å². The summed E-state index contributed by atoms with van der Waals surface area (Å²) in [6, 6.07) is 0. The van der Waals surface area contributed by atoms with E-state index in [1.165, 1.54) is 0 Å². The van der Waals surface area contributed by atoms with Crippen molar-refractivity contribution in [1.82, 2.24) is 0 Å². The normalized spacial score (nSPS) is 48.0. The number of halogens is 1. The Hall–Kier alpha value is -0.230. The van der Waals surface area contributed by atoms with Gasteiger partial charge < -0.3 is 20.7 Å². The molecule has 10 heavy (non-hydrogen) atoms. The van der Waals surface area contributed by atoms with Gasteiger partial charge in [0.15, 0.2) is 6.17 Å². The van der Waals surface area contributed by atoms with Crippen molar-refractivity contribution in [1.29, 1.82) is 0 Å². The Morgan fingerprint density at radius 3 is 2.40 bits per heavy atom. The van der Waals surface area contributed by atoms with Crippen LogP contribution in [0.5, 0.6) is 0 Å². The largest absolute Gasteiger partial charge is 0.394 e. The standard InChI is InChI=1S/C5H10FNO3/c6-3-4(9)2(1-8)10-5(3)7/h2-5,8-9H,1,7H2/t2-,3+,4-,5?/m1/s1. The molecule has 0 radical (unpaired) electrons. The van der Waals surface area contributed by atoms with E-state index in [1.807, 2.05) is 0 Å². The molecule has 5 heteroatoms. The third-order valence-electron chi connectivity index (χ3n) is 1.53. The van der Waals surface area contributed by atoms with E-state index in [0.29, 0.717) is 0 Å². The van der Waals surface area contributed by atoms with Crippen LogP contribution in [0.3, 0.4) is 0 Å². The first-order valence-electron chi connectivity index (χ1n) is 3.01. The zero-order valence-electron chi connectivity index (χ0n) is 5.27. The van der Waals surface area contributed by atoms with Gasteiger partial charge in [-0.3, -0.25) is 0 Å². The van der Waals surface area contributed by atoms with Crippen LogP contribution in [0.25, 0.3) is 0 Å². The summed E-state index contributed by atoms with van der Waals surface area (Å²) in [5.74, 6) is 0. The van der Waals surface area contributed by atoms with Crippen molar-refractivity contribution in [3.8, 4) is 0 Å². The van der Waals surface area contributed by atoms with Gasteiger partial charge in [-0.25, -0.2) is 4.39 Å². The van der Waals surface area contributed by atoms with Gasteiger partial charge in [0.25, 0.3) is 0 Å². The predicted molar refractivity (Wildman–Crippen MR) is 30.8 cm³/mol. The molecule has 0 bridgehead atoms. The molecule has 0 saturated carbocycles. The Morgan fingerprint density at radius 2 is 2.20 bits per heavy atom. The molecule has 60 valence electrons. The quantitative estimate of drug-likeness (QED) is 0.420. The lowest BCUT2D eigenvalue weighted by Crippen LogP contribution is -2.33. The van der Waals surface area contributed by atoms with E-state index < -0.39 is 31.2 Å².